The molecule has 4 rings (SSSR count). The summed E-state index contributed by atoms with van der Waals surface area (Å²) in [6.07, 6.45) is 2.12. The van der Waals surface area contributed by atoms with Crippen LogP contribution in [0.4, 0.5) is 0 Å². The lowest BCUT2D eigenvalue weighted by atomic mass is 9.83. The first kappa shape index (κ1) is 20.8. The van der Waals surface area contributed by atoms with E-state index >= 15 is 0 Å². The maximum atomic E-state index is 9.03. The van der Waals surface area contributed by atoms with Gasteiger partial charge in [0.2, 0.25) is 0 Å². The number of fused-ring (bicyclic) bond motifs is 1. The van der Waals surface area contributed by atoms with Crippen molar-refractivity contribution in [2.24, 2.45) is 0 Å². The summed E-state index contributed by atoms with van der Waals surface area (Å²) in [4.78, 5) is 0. The van der Waals surface area contributed by atoms with E-state index in [1.165, 1.54) is 5.39 Å². The summed E-state index contributed by atoms with van der Waals surface area (Å²) in [5.74, 6) is 2.11. The lowest BCUT2D eigenvalue weighted by molar-refractivity contribution is 0.201. The quantitative estimate of drug-likeness (QED) is 0.446. The van der Waals surface area contributed by atoms with Gasteiger partial charge in [-0.2, -0.15) is 0 Å². The van der Waals surface area contributed by atoms with E-state index in [9.17, 15) is 0 Å². The van der Waals surface area contributed by atoms with Gasteiger partial charge < -0.3 is 23.9 Å². The number of aliphatic hydroxyl groups excluding tert-OH is 1. The zero-order valence-corrected chi connectivity index (χ0v) is 18.0. The number of hydrogen-bond donors (Lipinski definition) is 1. The highest BCUT2D eigenvalue weighted by atomic mass is 16.5. The van der Waals surface area contributed by atoms with Crippen molar-refractivity contribution in [1.29, 1.82) is 0 Å². The second-order valence-corrected chi connectivity index (χ2v) is 7.48. The number of aliphatic hydroxyl groups is 1. The molecule has 1 atom stereocenters. The Balaban J connectivity index is 1.91. The molecular formula is C26H27NO4. The number of benzene rings is 3. The van der Waals surface area contributed by atoms with Crippen molar-refractivity contribution in [3.8, 4) is 17.2 Å². The Hall–Kier alpha value is -3.44. The zero-order valence-electron chi connectivity index (χ0n) is 18.0. The molecule has 0 amide bonds. The Morgan fingerprint density at radius 1 is 0.839 bits per heavy atom. The Kier molecular flexibility index (Phi) is 5.87. The van der Waals surface area contributed by atoms with E-state index in [0.717, 1.165) is 22.4 Å². The maximum absolute atomic E-state index is 9.03. The predicted octanol–water partition coefficient (Wildman–Crippen LogP) is 4.84. The average Bonchev–Trinajstić information content (AvgIpc) is 3.27. The zero-order chi connectivity index (χ0) is 21.8. The SMILES string of the molecule is COc1ccc(C(C)(c2ccc(OCCO)cc2)n2ccc3ccccc32)cc1OC. The van der Waals surface area contributed by atoms with Crippen LogP contribution in [-0.4, -0.2) is 37.1 Å². The molecule has 0 spiro atoms. The van der Waals surface area contributed by atoms with Crippen molar-refractivity contribution >= 4 is 10.9 Å². The Bertz CT molecular complexity index is 1170. The molecule has 0 bridgehead atoms. The molecule has 4 aromatic rings. The molecule has 0 saturated carbocycles. The molecule has 1 N–H and O–H groups in total. The first-order valence-corrected chi connectivity index (χ1v) is 10.2. The van der Waals surface area contributed by atoms with Crippen LogP contribution < -0.4 is 14.2 Å². The van der Waals surface area contributed by atoms with Crippen LogP contribution in [0.2, 0.25) is 0 Å². The standard InChI is InChI=1S/C26H27NO4/c1-26(20-8-11-22(12-9-20)31-17-16-28,21-10-13-24(29-2)25(18-21)30-3)27-15-14-19-6-4-5-7-23(19)27/h4-15,18,28H,16-17H2,1-3H3. The fourth-order valence-corrected chi connectivity index (χ4v) is 4.10. The smallest absolute Gasteiger partial charge is 0.161 e. The summed E-state index contributed by atoms with van der Waals surface area (Å²) in [6, 6.07) is 24.6. The molecule has 0 fully saturated rings. The van der Waals surface area contributed by atoms with Gasteiger partial charge in [-0.3, -0.25) is 0 Å². The first-order chi connectivity index (χ1) is 15.1. The van der Waals surface area contributed by atoms with Crippen LogP contribution in [0.3, 0.4) is 0 Å². The molecule has 31 heavy (non-hydrogen) atoms. The molecule has 1 unspecified atom stereocenters. The van der Waals surface area contributed by atoms with Gasteiger partial charge in [-0.15, -0.1) is 0 Å². The molecule has 0 radical (unpaired) electrons. The summed E-state index contributed by atoms with van der Waals surface area (Å²) in [6.45, 7) is 2.46. The van der Waals surface area contributed by atoms with Gasteiger partial charge in [-0.25, -0.2) is 0 Å². The molecule has 0 aliphatic carbocycles. The van der Waals surface area contributed by atoms with Gasteiger partial charge in [0.15, 0.2) is 11.5 Å². The van der Waals surface area contributed by atoms with Crippen molar-refractivity contribution in [2.45, 2.75) is 12.5 Å². The topological polar surface area (TPSA) is 52.8 Å². The molecule has 0 saturated heterocycles. The second-order valence-electron chi connectivity index (χ2n) is 7.48. The van der Waals surface area contributed by atoms with E-state index in [-0.39, 0.29) is 13.2 Å². The minimum Gasteiger partial charge on any atom is -0.493 e. The molecule has 3 aromatic carbocycles. The Morgan fingerprint density at radius 2 is 1.55 bits per heavy atom. The van der Waals surface area contributed by atoms with Crippen molar-refractivity contribution in [1.82, 2.24) is 4.57 Å². The van der Waals surface area contributed by atoms with Gasteiger partial charge in [0.1, 0.15) is 12.4 Å². The molecular weight excluding hydrogens is 390 g/mol. The van der Waals surface area contributed by atoms with Gasteiger partial charge in [0.25, 0.3) is 0 Å². The summed E-state index contributed by atoms with van der Waals surface area (Å²) < 4.78 is 18.9. The molecule has 5 heteroatoms. The highest BCUT2D eigenvalue weighted by Gasteiger charge is 2.33. The van der Waals surface area contributed by atoms with Crippen LogP contribution in [-0.2, 0) is 5.54 Å². The van der Waals surface area contributed by atoms with Gasteiger partial charge in [-0.05, 0) is 59.8 Å². The molecule has 160 valence electrons. The number of nitrogens with zero attached hydrogens (tertiary/aromatic N) is 1. The number of ether oxygens (including phenoxy) is 3. The van der Waals surface area contributed by atoms with E-state index < -0.39 is 5.54 Å². The van der Waals surface area contributed by atoms with E-state index in [0.29, 0.717) is 11.5 Å². The Labute approximate surface area is 182 Å². The van der Waals surface area contributed by atoms with Gasteiger partial charge in [-0.1, -0.05) is 36.4 Å². The van der Waals surface area contributed by atoms with E-state index in [2.05, 4.69) is 60.2 Å². The van der Waals surface area contributed by atoms with Crippen molar-refractivity contribution in [2.75, 3.05) is 27.4 Å². The van der Waals surface area contributed by atoms with E-state index in [1.54, 1.807) is 14.2 Å². The minimum absolute atomic E-state index is 0.0134. The fraction of sp³-hybridized carbons (Fsp3) is 0.231. The van der Waals surface area contributed by atoms with Crippen LogP contribution in [0, 0.1) is 0 Å². The van der Waals surface area contributed by atoms with Crippen LogP contribution in [0.15, 0.2) is 79.0 Å². The summed E-state index contributed by atoms with van der Waals surface area (Å²) in [5, 5.41) is 10.2. The molecule has 1 heterocycles. The van der Waals surface area contributed by atoms with E-state index in [1.807, 2.05) is 30.3 Å². The van der Waals surface area contributed by atoms with Crippen molar-refractivity contribution in [3.05, 3.63) is 90.1 Å². The first-order valence-electron chi connectivity index (χ1n) is 10.2. The molecule has 0 aliphatic rings. The number of hydrogen-bond acceptors (Lipinski definition) is 4. The normalized spacial score (nSPS) is 13.0. The fourth-order valence-electron chi connectivity index (χ4n) is 4.10. The lowest BCUT2D eigenvalue weighted by Crippen LogP contribution is -2.32. The largest absolute Gasteiger partial charge is 0.493 e. The van der Waals surface area contributed by atoms with Gasteiger partial charge in [0.05, 0.1) is 26.4 Å². The average molecular weight is 418 g/mol. The van der Waals surface area contributed by atoms with Crippen LogP contribution in [0.25, 0.3) is 10.9 Å². The second kappa shape index (κ2) is 8.74. The number of aromatic nitrogens is 1. The monoisotopic (exact) mass is 417 g/mol. The third-order valence-corrected chi connectivity index (χ3v) is 5.80. The highest BCUT2D eigenvalue weighted by molar-refractivity contribution is 5.81. The van der Waals surface area contributed by atoms with Crippen LogP contribution in [0.5, 0.6) is 17.2 Å². The van der Waals surface area contributed by atoms with Crippen LogP contribution >= 0.6 is 0 Å². The number of rotatable bonds is 8. The maximum Gasteiger partial charge on any atom is 0.161 e. The van der Waals surface area contributed by atoms with Gasteiger partial charge >= 0.3 is 0 Å². The lowest BCUT2D eigenvalue weighted by Gasteiger charge is -2.34. The Morgan fingerprint density at radius 3 is 2.26 bits per heavy atom. The third-order valence-electron chi connectivity index (χ3n) is 5.80. The highest BCUT2D eigenvalue weighted by Crippen LogP contribution is 2.40. The number of methoxy groups -OCH3 is 2. The van der Waals surface area contributed by atoms with E-state index in [4.69, 9.17) is 19.3 Å². The van der Waals surface area contributed by atoms with Crippen molar-refractivity contribution < 1.29 is 19.3 Å². The summed E-state index contributed by atoms with van der Waals surface area (Å²) in [7, 11) is 3.29. The molecule has 5 nitrogen and oxygen atoms in total. The summed E-state index contributed by atoms with van der Waals surface area (Å²) >= 11 is 0. The van der Waals surface area contributed by atoms with Gasteiger partial charge in [0, 0.05) is 11.7 Å². The minimum atomic E-state index is -0.516. The third kappa shape index (κ3) is 3.73. The predicted molar refractivity (Wildman–Crippen MR) is 122 cm³/mol. The number of para-hydroxylation sites is 1. The van der Waals surface area contributed by atoms with Crippen molar-refractivity contribution in [3.63, 3.8) is 0 Å². The molecule has 0 aliphatic heterocycles. The summed E-state index contributed by atoms with van der Waals surface area (Å²) in [5.41, 5.74) is 2.78. The van der Waals surface area contributed by atoms with Crippen LogP contribution in [0.1, 0.15) is 18.1 Å². The molecule has 1 aromatic heterocycles.